The van der Waals surface area contributed by atoms with Gasteiger partial charge in [-0.15, -0.1) is 5.10 Å². The summed E-state index contributed by atoms with van der Waals surface area (Å²) in [6, 6.07) is 36.6. The zero-order valence-corrected chi connectivity index (χ0v) is 30.3. The number of hydrogen-bond donors (Lipinski definition) is 2. The fraction of sp³-hybridized carbons (Fsp3) is 0.273. The summed E-state index contributed by atoms with van der Waals surface area (Å²) < 4.78 is 8.66. The Kier molecular flexibility index (Phi) is 8.04. The lowest BCUT2D eigenvalue weighted by atomic mass is 9.71. The van der Waals surface area contributed by atoms with Crippen LogP contribution in [0.2, 0.25) is 0 Å². The molecule has 0 radical (unpaired) electrons. The number of anilines is 3. The van der Waals surface area contributed by atoms with E-state index in [1.807, 2.05) is 122 Å². The second kappa shape index (κ2) is 12.7. The maximum absolute atomic E-state index is 15.0. The third-order valence-electron chi connectivity index (χ3n) is 11.6. The van der Waals surface area contributed by atoms with E-state index in [1.54, 1.807) is 34.5 Å². The Morgan fingerprint density at radius 2 is 1.61 bits per heavy atom. The largest absolute Gasteiger partial charge is 0.390 e. The highest BCUT2D eigenvalue weighted by Crippen LogP contribution is 2.58. The molecule has 272 valence electrons. The number of rotatable bonds is 9. The minimum atomic E-state index is -1.32. The van der Waals surface area contributed by atoms with Crippen molar-refractivity contribution in [2.24, 2.45) is 11.8 Å². The van der Waals surface area contributed by atoms with E-state index in [4.69, 9.17) is 4.74 Å². The van der Waals surface area contributed by atoms with Crippen molar-refractivity contribution in [2.45, 2.75) is 63.7 Å². The molecule has 3 aliphatic heterocycles. The van der Waals surface area contributed by atoms with E-state index in [1.165, 1.54) is 0 Å². The molecule has 1 saturated heterocycles. The number of hydrogen-bond acceptors (Lipinski definition) is 7. The number of carbonyl (C=O) groups excluding carboxylic acids is 2. The number of benzene rings is 5. The van der Waals surface area contributed by atoms with Crippen LogP contribution in [0.25, 0.3) is 10.8 Å². The first-order valence-electron chi connectivity index (χ1n) is 18.5. The van der Waals surface area contributed by atoms with E-state index in [9.17, 15) is 19.8 Å². The van der Waals surface area contributed by atoms with Crippen molar-refractivity contribution < 1.29 is 24.5 Å². The topological polar surface area (TPSA) is 121 Å². The lowest BCUT2D eigenvalue weighted by Crippen LogP contribution is -2.46. The number of aliphatic hydroxyl groups is 2. The second-order valence-corrected chi connectivity index (χ2v) is 15.3. The molecule has 1 aromatic heterocycles. The molecule has 1 spiro atoms. The first kappa shape index (κ1) is 34.1. The Labute approximate surface area is 313 Å². The molecule has 1 fully saturated rings. The number of para-hydroxylation sites is 1. The third kappa shape index (κ3) is 5.27. The Balaban J connectivity index is 0.998. The third-order valence-corrected chi connectivity index (χ3v) is 11.6. The Bertz CT molecular complexity index is 2420. The minimum Gasteiger partial charge on any atom is -0.390 e. The summed E-state index contributed by atoms with van der Waals surface area (Å²) in [6.45, 7) is 6.24. The normalized spacial score (nSPS) is 22.5. The zero-order valence-electron chi connectivity index (χ0n) is 30.3. The highest BCUT2D eigenvalue weighted by molar-refractivity contribution is 6.27. The molecule has 54 heavy (non-hydrogen) atoms. The monoisotopic (exact) mass is 719 g/mol. The molecular formula is C44H41N5O5. The highest BCUT2D eigenvalue weighted by Gasteiger charge is 2.65. The van der Waals surface area contributed by atoms with Gasteiger partial charge in [-0.3, -0.25) is 19.2 Å². The quantitative estimate of drug-likeness (QED) is 0.164. The van der Waals surface area contributed by atoms with Crippen LogP contribution < -0.4 is 9.80 Å². The summed E-state index contributed by atoms with van der Waals surface area (Å²) in [4.78, 5) is 32.2. The molecule has 10 heteroatoms. The van der Waals surface area contributed by atoms with Crippen LogP contribution in [-0.4, -0.2) is 48.7 Å². The van der Waals surface area contributed by atoms with Crippen molar-refractivity contribution in [2.75, 3.05) is 9.80 Å². The number of carbonyl (C=O) groups is 2. The molecule has 3 aliphatic rings. The molecule has 5 aromatic carbocycles. The molecule has 0 aliphatic carbocycles. The predicted molar refractivity (Wildman–Crippen MR) is 205 cm³/mol. The maximum Gasteiger partial charge on any atom is 0.264 e. The Morgan fingerprint density at radius 1 is 0.889 bits per heavy atom. The van der Waals surface area contributed by atoms with E-state index in [-0.39, 0.29) is 30.2 Å². The van der Waals surface area contributed by atoms with Crippen LogP contribution in [0, 0.1) is 11.8 Å². The van der Waals surface area contributed by atoms with E-state index >= 15 is 0 Å². The predicted octanol–water partition coefficient (Wildman–Crippen LogP) is 7.06. The maximum atomic E-state index is 15.0. The molecular weight excluding hydrogens is 679 g/mol. The summed E-state index contributed by atoms with van der Waals surface area (Å²) in [7, 11) is 0. The molecule has 2 amide bonds. The van der Waals surface area contributed by atoms with Crippen LogP contribution in [0.1, 0.15) is 66.0 Å². The average molecular weight is 720 g/mol. The molecule has 2 N–H and O–H groups in total. The van der Waals surface area contributed by atoms with E-state index < -0.39 is 23.4 Å². The van der Waals surface area contributed by atoms with E-state index in [0.29, 0.717) is 24.2 Å². The number of aromatic nitrogens is 3. The van der Waals surface area contributed by atoms with Gasteiger partial charge in [-0.2, -0.15) is 0 Å². The van der Waals surface area contributed by atoms with Crippen molar-refractivity contribution in [1.82, 2.24) is 15.0 Å². The van der Waals surface area contributed by atoms with Gasteiger partial charge in [0.05, 0.1) is 41.4 Å². The molecule has 4 heterocycles. The number of aliphatic hydroxyl groups excluding tert-OH is 1. The summed E-state index contributed by atoms with van der Waals surface area (Å²) in [6.07, 6.45) is 0.793. The van der Waals surface area contributed by atoms with Crippen LogP contribution in [-0.2, 0) is 28.2 Å². The Morgan fingerprint density at radius 3 is 2.41 bits per heavy atom. The summed E-state index contributed by atoms with van der Waals surface area (Å²) >= 11 is 0. The molecule has 0 bridgehead atoms. The summed E-state index contributed by atoms with van der Waals surface area (Å²) in [5.41, 5.74) is 3.35. The van der Waals surface area contributed by atoms with Crippen LogP contribution in [0.4, 0.5) is 17.1 Å². The summed E-state index contributed by atoms with van der Waals surface area (Å²) in [5.74, 6) is -1.02. The summed E-state index contributed by atoms with van der Waals surface area (Å²) in [5, 5.41) is 33.0. The molecule has 6 aromatic rings. The fourth-order valence-electron chi connectivity index (χ4n) is 9.22. The van der Waals surface area contributed by atoms with Gasteiger partial charge >= 0.3 is 0 Å². The molecule has 0 unspecified atom stereocenters. The Hall–Kier alpha value is -5.68. The fourth-order valence-corrected chi connectivity index (χ4v) is 9.22. The van der Waals surface area contributed by atoms with Gasteiger partial charge in [0.2, 0.25) is 0 Å². The lowest BCUT2D eigenvalue weighted by Gasteiger charge is -2.34. The standard InChI is InChI=1S/C44H41N5O5/c1-27-39(43(2,3)53)37(22-23-47-26-34(45-46-47)40(50)30-13-5-4-6-14-30)54-44(27)33-19-7-8-20-35(33)48(42(44)52)25-28-12-9-17-31(24-28)49-36-21-11-16-29-15-10-18-32(38(29)36)41(49)51/h4-21,24,26-27,37,39-40,50,53H,22-23,25H2,1-3H3/t27-,37+,39-,40+,44+/m0/s1. The first-order valence-corrected chi connectivity index (χ1v) is 18.5. The smallest absolute Gasteiger partial charge is 0.264 e. The van der Waals surface area contributed by atoms with Gasteiger partial charge in [0, 0.05) is 35.0 Å². The van der Waals surface area contributed by atoms with Crippen molar-refractivity contribution in [3.8, 4) is 0 Å². The SMILES string of the molecule is C[C@H]1[C@H](C(C)(C)O)[C@@H](CCn2cc([C@H](O)c3ccccc3)nn2)O[C@]12C(=O)N(Cc1cccc(N3C(=O)c4cccc5cccc3c45)c1)c1ccccc12. The first-order chi connectivity index (χ1) is 26.1. The number of amides is 2. The van der Waals surface area contributed by atoms with Gasteiger partial charge < -0.3 is 19.8 Å². The minimum absolute atomic E-state index is 0.0770. The molecule has 9 rings (SSSR count). The zero-order chi connectivity index (χ0) is 37.4. The molecule has 5 atom stereocenters. The molecule has 0 saturated carbocycles. The second-order valence-electron chi connectivity index (χ2n) is 15.3. The highest BCUT2D eigenvalue weighted by atomic mass is 16.5. The number of ether oxygens (including phenoxy) is 1. The van der Waals surface area contributed by atoms with Gasteiger partial charge in [0.25, 0.3) is 11.8 Å². The van der Waals surface area contributed by atoms with Gasteiger partial charge in [0.1, 0.15) is 11.8 Å². The van der Waals surface area contributed by atoms with Crippen LogP contribution in [0.15, 0.2) is 121 Å². The van der Waals surface area contributed by atoms with Crippen LogP contribution in [0.5, 0.6) is 0 Å². The van der Waals surface area contributed by atoms with Crippen LogP contribution in [0.3, 0.4) is 0 Å². The van der Waals surface area contributed by atoms with Gasteiger partial charge in [-0.05, 0) is 67.1 Å². The van der Waals surface area contributed by atoms with Crippen LogP contribution >= 0.6 is 0 Å². The van der Waals surface area contributed by atoms with Crippen molar-refractivity contribution in [3.63, 3.8) is 0 Å². The number of nitrogens with zero attached hydrogens (tertiary/aromatic N) is 5. The lowest BCUT2D eigenvalue weighted by molar-refractivity contribution is -0.146. The average Bonchev–Trinajstić information content (AvgIpc) is 3.91. The van der Waals surface area contributed by atoms with Gasteiger partial charge in [-0.1, -0.05) is 97.1 Å². The number of fused-ring (bicyclic) bond motifs is 2. The van der Waals surface area contributed by atoms with Gasteiger partial charge in [0.15, 0.2) is 5.60 Å². The van der Waals surface area contributed by atoms with E-state index in [0.717, 1.165) is 44.5 Å². The van der Waals surface area contributed by atoms with Crippen molar-refractivity contribution >= 4 is 39.6 Å². The van der Waals surface area contributed by atoms with Crippen molar-refractivity contribution in [1.29, 1.82) is 0 Å². The van der Waals surface area contributed by atoms with E-state index in [2.05, 4.69) is 10.3 Å². The van der Waals surface area contributed by atoms with Gasteiger partial charge in [-0.25, -0.2) is 0 Å². The molecule has 10 nitrogen and oxygen atoms in total. The van der Waals surface area contributed by atoms with Crippen molar-refractivity contribution in [3.05, 3.63) is 149 Å². The number of aryl methyl sites for hydroxylation is 1.